The van der Waals surface area contributed by atoms with Gasteiger partial charge in [-0.25, -0.2) is 9.37 Å². The zero-order valence-corrected chi connectivity index (χ0v) is 15.8. The van der Waals surface area contributed by atoms with Crippen LogP contribution in [0.1, 0.15) is 31.0 Å². The van der Waals surface area contributed by atoms with E-state index in [1.54, 1.807) is 24.4 Å². The number of alkyl halides is 1. The number of anilines is 1. The number of aromatic nitrogens is 5. The molecule has 140 valence electrons. The van der Waals surface area contributed by atoms with Crippen molar-refractivity contribution in [2.75, 3.05) is 18.0 Å². The number of piperidine rings is 1. The maximum atomic E-state index is 14.8. The summed E-state index contributed by atoms with van der Waals surface area (Å²) in [7, 11) is 0. The van der Waals surface area contributed by atoms with Crippen molar-refractivity contribution in [1.29, 1.82) is 0 Å². The van der Waals surface area contributed by atoms with Crippen molar-refractivity contribution in [2.45, 2.75) is 31.0 Å². The van der Waals surface area contributed by atoms with Gasteiger partial charge in [-0.15, -0.1) is 10.2 Å². The number of tetrazole rings is 1. The average Bonchev–Trinajstić information content (AvgIpc) is 3.34. The van der Waals surface area contributed by atoms with E-state index in [-0.39, 0.29) is 0 Å². The van der Waals surface area contributed by atoms with Gasteiger partial charge < -0.3 is 9.64 Å². The van der Waals surface area contributed by atoms with Crippen molar-refractivity contribution in [3.63, 3.8) is 0 Å². The third-order valence-electron chi connectivity index (χ3n) is 5.21. The minimum atomic E-state index is -1.10. The summed E-state index contributed by atoms with van der Waals surface area (Å²) in [6, 6.07) is 5.32. The van der Waals surface area contributed by atoms with Crippen LogP contribution >= 0.6 is 22.9 Å². The molecule has 10 heteroatoms. The lowest BCUT2D eigenvalue weighted by molar-refractivity contribution is -0.00738. The Morgan fingerprint density at radius 3 is 2.96 bits per heavy atom. The molecule has 3 aromatic rings. The van der Waals surface area contributed by atoms with Crippen LogP contribution in [-0.4, -0.2) is 44.3 Å². The highest BCUT2D eigenvalue weighted by Crippen LogP contribution is 2.48. The first-order valence-corrected chi connectivity index (χ1v) is 9.89. The van der Waals surface area contributed by atoms with Gasteiger partial charge in [0.05, 0.1) is 16.1 Å². The predicted molar refractivity (Wildman–Crippen MR) is 100 cm³/mol. The van der Waals surface area contributed by atoms with Crippen molar-refractivity contribution < 1.29 is 9.13 Å². The Kier molecular flexibility index (Phi) is 4.01. The highest BCUT2D eigenvalue weighted by Gasteiger charge is 2.44. The van der Waals surface area contributed by atoms with E-state index in [0.29, 0.717) is 28.6 Å². The maximum Gasteiger partial charge on any atom is 0.216 e. The fourth-order valence-corrected chi connectivity index (χ4v) is 4.99. The van der Waals surface area contributed by atoms with Gasteiger partial charge in [0.2, 0.25) is 5.82 Å². The van der Waals surface area contributed by atoms with Crippen LogP contribution in [0.2, 0.25) is 5.02 Å². The Morgan fingerprint density at radius 2 is 2.19 bits per heavy atom. The quantitative estimate of drug-likeness (QED) is 0.697. The summed E-state index contributed by atoms with van der Waals surface area (Å²) in [6.45, 7) is 1.50. The lowest BCUT2D eigenvalue weighted by Gasteiger charge is -2.45. The molecule has 0 saturated carbocycles. The van der Waals surface area contributed by atoms with Gasteiger partial charge in [-0.05, 0) is 17.3 Å². The van der Waals surface area contributed by atoms with E-state index < -0.39 is 11.8 Å². The number of benzene rings is 1. The Labute approximate surface area is 163 Å². The van der Waals surface area contributed by atoms with Crippen molar-refractivity contribution >= 4 is 28.1 Å². The number of aromatic amines is 1. The first kappa shape index (κ1) is 16.9. The van der Waals surface area contributed by atoms with Crippen LogP contribution in [0.3, 0.4) is 0 Å². The molecule has 0 amide bonds. The van der Waals surface area contributed by atoms with Gasteiger partial charge in [0.1, 0.15) is 17.5 Å². The summed E-state index contributed by atoms with van der Waals surface area (Å²) in [5.41, 5.74) is -0.00152. The smallest absolute Gasteiger partial charge is 0.216 e. The second kappa shape index (κ2) is 6.42. The fraction of sp³-hybridized carbons (Fsp3) is 0.412. The number of hydrogen-bond donors (Lipinski definition) is 1. The lowest BCUT2D eigenvalue weighted by Crippen LogP contribution is -2.50. The lowest BCUT2D eigenvalue weighted by atomic mass is 9.82. The Bertz CT molecular complexity index is 956. The third kappa shape index (κ3) is 2.94. The molecule has 2 aliphatic heterocycles. The Balaban J connectivity index is 1.32. The van der Waals surface area contributed by atoms with Crippen LogP contribution in [0.4, 0.5) is 9.52 Å². The number of rotatable bonds is 2. The van der Waals surface area contributed by atoms with Crippen LogP contribution in [0, 0.1) is 0 Å². The fourth-order valence-electron chi connectivity index (χ4n) is 3.81. The Hall–Kier alpha value is -2.26. The number of thiazole rings is 1. The van der Waals surface area contributed by atoms with Crippen LogP contribution in [-0.2, 0) is 0 Å². The molecular weight excluding hydrogens is 391 g/mol. The van der Waals surface area contributed by atoms with E-state index in [4.69, 9.17) is 16.3 Å². The van der Waals surface area contributed by atoms with Crippen molar-refractivity contribution in [2.24, 2.45) is 0 Å². The molecule has 0 radical (unpaired) electrons. The standard InChI is InChI=1S/C17H16ClFN6OS/c18-10-2-1-3-12-14(10)11(19)8-17(26-12)4-6-25(7-5-17)16-20-9-13(27-16)15-21-23-24-22-15/h1-3,9,11H,4-8H2,(H,21,22,23,24). The number of ether oxygens (including phenoxy) is 1. The molecule has 7 nitrogen and oxygen atoms in total. The highest BCUT2D eigenvalue weighted by molar-refractivity contribution is 7.18. The van der Waals surface area contributed by atoms with Gasteiger partial charge >= 0.3 is 0 Å². The van der Waals surface area contributed by atoms with E-state index in [0.717, 1.165) is 35.9 Å². The maximum absolute atomic E-state index is 14.8. The minimum Gasteiger partial charge on any atom is -0.487 e. The van der Waals surface area contributed by atoms with Crippen LogP contribution in [0.15, 0.2) is 24.4 Å². The third-order valence-corrected chi connectivity index (χ3v) is 6.59. The summed E-state index contributed by atoms with van der Waals surface area (Å²) in [4.78, 5) is 7.54. The second-order valence-electron chi connectivity index (χ2n) is 6.84. The molecule has 1 saturated heterocycles. The molecule has 4 heterocycles. The van der Waals surface area contributed by atoms with E-state index in [1.807, 2.05) is 0 Å². The van der Waals surface area contributed by atoms with Crippen LogP contribution in [0.25, 0.3) is 10.7 Å². The van der Waals surface area contributed by atoms with Crippen molar-refractivity contribution in [3.8, 4) is 16.5 Å². The Morgan fingerprint density at radius 1 is 1.33 bits per heavy atom. The predicted octanol–water partition coefficient (Wildman–Crippen LogP) is 3.81. The monoisotopic (exact) mass is 406 g/mol. The van der Waals surface area contributed by atoms with Gasteiger partial charge in [0, 0.05) is 37.9 Å². The van der Waals surface area contributed by atoms with Gasteiger partial charge in [0.25, 0.3) is 0 Å². The number of fused-ring (bicyclic) bond motifs is 1. The molecule has 5 rings (SSSR count). The highest BCUT2D eigenvalue weighted by atomic mass is 35.5. The second-order valence-corrected chi connectivity index (χ2v) is 8.25. The summed E-state index contributed by atoms with van der Waals surface area (Å²) in [5, 5.41) is 15.3. The van der Waals surface area contributed by atoms with Gasteiger partial charge in [-0.3, -0.25) is 0 Å². The van der Waals surface area contributed by atoms with E-state index in [9.17, 15) is 4.39 Å². The number of nitrogens with one attached hydrogen (secondary N) is 1. The molecule has 1 fully saturated rings. The first-order valence-electron chi connectivity index (χ1n) is 8.70. The number of nitrogens with zero attached hydrogens (tertiary/aromatic N) is 5. The molecule has 1 spiro atoms. The number of H-pyrrole nitrogens is 1. The zero-order valence-electron chi connectivity index (χ0n) is 14.2. The molecule has 1 unspecified atom stereocenters. The topological polar surface area (TPSA) is 79.8 Å². The average molecular weight is 407 g/mol. The van der Waals surface area contributed by atoms with Crippen molar-refractivity contribution in [3.05, 3.63) is 35.0 Å². The number of hydrogen-bond acceptors (Lipinski definition) is 7. The van der Waals surface area contributed by atoms with Gasteiger partial charge in [-0.2, -0.15) is 5.21 Å². The molecule has 2 aromatic heterocycles. The SMILES string of the molecule is FC1CC2(CCN(c3ncc(-c4nn[nH]n4)s3)CC2)Oc2cccc(Cl)c21. The molecule has 1 atom stereocenters. The number of halogens is 2. The van der Waals surface area contributed by atoms with Gasteiger partial charge in [0.15, 0.2) is 5.13 Å². The van der Waals surface area contributed by atoms with Gasteiger partial charge in [-0.1, -0.05) is 29.0 Å². The normalized spacial score (nSPS) is 21.1. The largest absolute Gasteiger partial charge is 0.487 e. The summed E-state index contributed by atoms with van der Waals surface area (Å²) in [5.74, 6) is 1.11. The molecule has 0 bridgehead atoms. The molecule has 27 heavy (non-hydrogen) atoms. The van der Waals surface area contributed by atoms with E-state index >= 15 is 0 Å². The van der Waals surface area contributed by atoms with Crippen LogP contribution < -0.4 is 9.64 Å². The van der Waals surface area contributed by atoms with Crippen molar-refractivity contribution in [1.82, 2.24) is 25.6 Å². The summed E-state index contributed by atoms with van der Waals surface area (Å²) in [6.07, 6.45) is 2.46. The molecule has 2 aliphatic rings. The van der Waals surface area contributed by atoms with E-state index in [1.165, 1.54) is 11.3 Å². The van der Waals surface area contributed by atoms with E-state index in [2.05, 4.69) is 30.5 Å². The molecule has 1 aromatic carbocycles. The molecular formula is C17H16ClFN6OS. The summed E-state index contributed by atoms with van der Waals surface area (Å²) >= 11 is 7.68. The van der Waals surface area contributed by atoms with Crippen LogP contribution in [0.5, 0.6) is 5.75 Å². The first-order chi connectivity index (χ1) is 13.1. The molecule has 1 N–H and O–H groups in total. The summed E-state index contributed by atoms with van der Waals surface area (Å²) < 4.78 is 21.1. The zero-order chi connectivity index (χ0) is 18.4. The molecule has 0 aliphatic carbocycles. The minimum absolute atomic E-state index is 0.337.